The second kappa shape index (κ2) is 3.17. The van der Waals surface area contributed by atoms with E-state index in [-0.39, 0.29) is 0 Å². The van der Waals surface area contributed by atoms with Gasteiger partial charge in [0.25, 0.3) is 0 Å². The molecule has 2 nitrogen and oxygen atoms in total. The number of rotatable bonds is 2. The molecular formula is C7H7NOS. The summed E-state index contributed by atoms with van der Waals surface area (Å²) in [5, 5.41) is 3.82. The third-order valence-electron chi connectivity index (χ3n) is 1.10. The lowest BCUT2D eigenvalue weighted by Gasteiger charge is -1.91. The molecule has 10 heavy (non-hydrogen) atoms. The monoisotopic (exact) mass is 153 g/mol. The standard InChI is InChI=1S/C7H7NOS/c8-7(1-3-9)6-2-4-10-5-6/h1-5H,8H2/b7-1-. The Hall–Kier alpha value is -1.09. The number of aldehydes is 1. The molecule has 52 valence electrons. The van der Waals surface area contributed by atoms with Crippen LogP contribution in [0.15, 0.2) is 22.9 Å². The first-order chi connectivity index (χ1) is 4.84. The van der Waals surface area contributed by atoms with Gasteiger partial charge in [0.05, 0.1) is 0 Å². The first-order valence-electron chi connectivity index (χ1n) is 2.78. The van der Waals surface area contributed by atoms with E-state index < -0.39 is 0 Å². The van der Waals surface area contributed by atoms with Crippen LogP contribution < -0.4 is 5.73 Å². The molecule has 0 saturated carbocycles. The Bertz CT molecular complexity index is 238. The summed E-state index contributed by atoms with van der Waals surface area (Å²) in [7, 11) is 0. The van der Waals surface area contributed by atoms with Gasteiger partial charge in [0.15, 0.2) is 0 Å². The van der Waals surface area contributed by atoms with Gasteiger partial charge in [-0.25, -0.2) is 0 Å². The van der Waals surface area contributed by atoms with Crippen molar-refractivity contribution in [3.05, 3.63) is 28.5 Å². The largest absolute Gasteiger partial charge is 0.398 e. The van der Waals surface area contributed by atoms with Crippen molar-refractivity contribution in [3.8, 4) is 0 Å². The van der Waals surface area contributed by atoms with Gasteiger partial charge in [-0.05, 0) is 16.8 Å². The average Bonchev–Trinajstić information content (AvgIpc) is 2.38. The van der Waals surface area contributed by atoms with Crippen molar-refractivity contribution in [1.29, 1.82) is 0 Å². The van der Waals surface area contributed by atoms with E-state index in [1.54, 1.807) is 11.3 Å². The van der Waals surface area contributed by atoms with Crippen LogP contribution in [0.1, 0.15) is 5.56 Å². The van der Waals surface area contributed by atoms with Gasteiger partial charge in [0.2, 0.25) is 0 Å². The zero-order valence-corrected chi connectivity index (χ0v) is 6.10. The Morgan fingerprint density at radius 2 is 2.50 bits per heavy atom. The van der Waals surface area contributed by atoms with E-state index in [1.807, 2.05) is 16.8 Å². The molecule has 0 amide bonds. The summed E-state index contributed by atoms with van der Waals surface area (Å²) < 4.78 is 0. The molecule has 0 spiro atoms. The van der Waals surface area contributed by atoms with Gasteiger partial charge in [-0.3, -0.25) is 4.79 Å². The molecular weight excluding hydrogens is 146 g/mol. The number of hydrogen-bond acceptors (Lipinski definition) is 3. The summed E-state index contributed by atoms with van der Waals surface area (Å²) >= 11 is 1.56. The highest BCUT2D eigenvalue weighted by Crippen LogP contribution is 2.11. The third kappa shape index (κ3) is 1.45. The fraction of sp³-hybridized carbons (Fsp3) is 0. The van der Waals surface area contributed by atoms with E-state index in [4.69, 9.17) is 5.73 Å². The smallest absolute Gasteiger partial charge is 0.144 e. The summed E-state index contributed by atoms with van der Waals surface area (Å²) in [5.74, 6) is 0. The Morgan fingerprint density at radius 3 is 3.00 bits per heavy atom. The lowest BCUT2D eigenvalue weighted by molar-refractivity contribution is -0.104. The predicted molar refractivity (Wildman–Crippen MR) is 42.5 cm³/mol. The van der Waals surface area contributed by atoms with E-state index in [0.29, 0.717) is 12.0 Å². The SMILES string of the molecule is N/C(=C\C=O)c1ccsc1. The van der Waals surface area contributed by atoms with Crippen LogP contribution >= 0.6 is 11.3 Å². The van der Waals surface area contributed by atoms with Crippen LogP contribution in [0.5, 0.6) is 0 Å². The van der Waals surface area contributed by atoms with Crippen molar-refractivity contribution in [3.63, 3.8) is 0 Å². The molecule has 2 N–H and O–H groups in total. The number of hydrogen-bond donors (Lipinski definition) is 1. The van der Waals surface area contributed by atoms with Crippen LogP contribution in [0.4, 0.5) is 0 Å². The summed E-state index contributed by atoms with van der Waals surface area (Å²) in [5.41, 5.74) is 6.92. The summed E-state index contributed by atoms with van der Waals surface area (Å²) in [6.45, 7) is 0. The number of allylic oxidation sites excluding steroid dienone is 1. The van der Waals surface area contributed by atoms with Crippen LogP contribution in [-0.4, -0.2) is 6.29 Å². The van der Waals surface area contributed by atoms with Crippen LogP contribution in [0.2, 0.25) is 0 Å². The van der Waals surface area contributed by atoms with E-state index in [2.05, 4.69) is 0 Å². The van der Waals surface area contributed by atoms with Gasteiger partial charge in [-0.2, -0.15) is 11.3 Å². The maximum absolute atomic E-state index is 9.96. The van der Waals surface area contributed by atoms with Gasteiger partial charge in [-0.15, -0.1) is 0 Å². The Balaban J connectivity index is 2.86. The molecule has 0 saturated heterocycles. The molecule has 1 rings (SSSR count). The zero-order valence-electron chi connectivity index (χ0n) is 5.28. The normalized spacial score (nSPS) is 11.4. The van der Waals surface area contributed by atoms with Gasteiger partial charge < -0.3 is 5.73 Å². The minimum Gasteiger partial charge on any atom is -0.398 e. The Labute approximate surface area is 63.0 Å². The number of carbonyl (C=O) groups is 1. The second-order valence-electron chi connectivity index (χ2n) is 1.77. The van der Waals surface area contributed by atoms with E-state index in [1.165, 1.54) is 6.08 Å². The molecule has 0 aliphatic rings. The van der Waals surface area contributed by atoms with Crippen molar-refractivity contribution < 1.29 is 4.79 Å². The summed E-state index contributed by atoms with van der Waals surface area (Å²) in [6, 6.07) is 1.88. The van der Waals surface area contributed by atoms with Crippen LogP contribution in [0, 0.1) is 0 Å². The Kier molecular flexibility index (Phi) is 2.23. The molecule has 0 bridgehead atoms. The number of nitrogens with two attached hydrogens (primary N) is 1. The van der Waals surface area contributed by atoms with Crippen molar-refractivity contribution >= 4 is 23.3 Å². The molecule has 0 aliphatic heterocycles. The van der Waals surface area contributed by atoms with Crippen molar-refractivity contribution in [1.82, 2.24) is 0 Å². The fourth-order valence-electron chi connectivity index (χ4n) is 0.598. The first kappa shape index (κ1) is 7.02. The van der Waals surface area contributed by atoms with Crippen molar-refractivity contribution in [2.24, 2.45) is 5.73 Å². The van der Waals surface area contributed by atoms with Gasteiger partial charge >= 0.3 is 0 Å². The fourth-order valence-corrected chi connectivity index (χ4v) is 1.26. The second-order valence-corrected chi connectivity index (χ2v) is 2.55. The topological polar surface area (TPSA) is 43.1 Å². The quantitative estimate of drug-likeness (QED) is 0.513. The molecule has 1 aromatic heterocycles. The van der Waals surface area contributed by atoms with Crippen molar-refractivity contribution in [2.75, 3.05) is 0 Å². The van der Waals surface area contributed by atoms with Crippen LogP contribution in [-0.2, 0) is 4.79 Å². The van der Waals surface area contributed by atoms with Gasteiger partial charge in [-0.1, -0.05) is 0 Å². The lowest BCUT2D eigenvalue weighted by atomic mass is 10.2. The number of carbonyl (C=O) groups excluding carboxylic acids is 1. The molecule has 0 fully saturated rings. The molecule has 0 radical (unpaired) electrons. The highest BCUT2D eigenvalue weighted by Gasteiger charge is 1.93. The predicted octanol–water partition coefficient (Wildman–Crippen LogP) is 1.25. The molecule has 3 heteroatoms. The minimum atomic E-state index is 0.524. The molecule has 0 atom stereocenters. The summed E-state index contributed by atoms with van der Waals surface area (Å²) in [6.07, 6.45) is 2.04. The highest BCUT2D eigenvalue weighted by molar-refractivity contribution is 7.08. The third-order valence-corrected chi connectivity index (χ3v) is 1.79. The average molecular weight is 153 g/mol. The minimum absolute atomic E-state index is 0.524. The van der Waals surface area contributed by atoms with E-state index in [0.717, 1.165) is 5.56 Å². The van der Waals surface area contributed by atoms with Gasteiger partial charge in [0, 0.05) is 17.3 Å². The maximum atomic E-state index is 9.96. The van der Waals surface area contributed by atoms with E-state index >= 15 is 0 Å². The van der Waals surface area contributed by atoms with Gasteiger partial charge in [0.1, 0.15) is 6.29 Å². The molecule has 0 aliphatic carbocycles. The molecule has 0 aromatic carbocycles. The lowest BCUT2D eigenvalue weighted by Crippen LogP contribution is -1.93. The molecule has 1 aromatic rings. The van der Waals surface area contributed by atoms with Crippen LogP contribution in [0.25, 0.3) is 5.70 Å². The number of thiophene rings is 1. The van der Waals surface area contributed by atoms with E-state index in [9.17, 15) is 4.79 Å². The maximum Gasteiger partial charge on any atom is 0.144 e. The van der Waals surface area contributed by atoms with Crippen molar-refractivity contribution in [2.45, 2.75) is 0 Å². The van der Waals surface area contributed by atoms with Crippen LogP contribution in [0.3, 0.4) is 0 Å². The molecule has 0 unspecified atom stereocenters. The molecule has 1 heterocycles. The first-order valence-corrected chi connectivity index (χ1v) is 3.72. The zero-order chi connectivity index (χ0) is 7.40. The summed E-state index contributed by atoms with van der Waals surface area (Å²) in [4.78, 5) is 9.96. The Morgan fingerprint density at radius 1 is 1.70 bits per heavy atom. The highest BCUT2D eigenvalue weighted by atomic mass is 32.1.